The lowest BCUT2D eigenvalue weighted by Crippen LogP contribution is -2.36. The van der Waals surface area contributed by atoms with Gasteiger partial charge in [0.15, 0.2) is 0 Å². The van der Waals surface area contributed by atoms with E-state index in [1.54, 1.807) is 12.4 Å². The summed E-state index contributed by atoms with van der Waals surface area (Å²) in [5, 5.41) is 6.35. The fourth-order valence-corrected chi connectivity index (χ4v) is 1.89. The van der Waals surface area contributed by atoms with Gasteiger partial charge in [-0.3, -0.25) is 4.98 Å². The lowest BCUT2D eigenvalue weighted by atomic mass is 10.1. The second-order valence-electron chi connectivity index (χ2n) is 4.46. The van der Waals surface area contributed by atoms with Crippen molar-refractivity contribution in [2.75, 3.05) is 0 Å². The Morgan fingerprint density at radius 2 is 2.05 bits per heavy atom. The third-order valence-corrected chi connectivity index (χ3v) is 3.15. The maximum atomic E-state index is 11.8. The van der Waals surface area contributed by atoms with Crippen LogP contribution in [0, 0.1) is 0 Å². The molecule has 2 N–H and O–H groups in total. The molecule has 0 spiro atoms. The summed E-state index contributed by atoms with van der Waals surface area (Å²) in [6.45, 7) is 2.37. The Hall–Kier alpha value is -2.07. The van der Waals surface area contributed by atoms with Gasteiger partial charge in [-0.2, -0.15) is 0 Å². The number of nitrogens with one attached hydrogen (secondary N) is 2. The van der Waals surface area contributed by atoms with E-state index in [4.69, 9.17) is 11.6 Å². The quantitative estimate of drug-likeness (QED) is 0.907. The van der Waals surface area contributed by atoms with Crippen LogP contribution < -0.4 is 10.6 Å². The molecule has 2 rings (SSSR count). The molecule has 1 unspecified atom stereocenters. The summed E-state index contributed by atoms with van der Waals surface area (Å²) in [4.78, 5) is 15.8. The normalized spacial score (nSPS) is 11.7. The number of aromatic nitrogens is 1. The van der Waals surface area contributed by atoms with Crippen molar-refractivity contribution in [3.8, 4) is 0 Å². The van der Waals surface area contributed by atoms with Crippen molar-refractivity contribution < 1.29 is 4.79 Å². The van der Waals surface area contributed by atoms with E-state index in [0.717, 1.165) is 11.1 Å². The number of rotatable bonds is 4. The molecule has 0 aliphatic carbocycles. The van der Waals surface area contributed by atoms with Gasteiger partial charge in [-0.25, -0.2) is 4.79 Å². The highest BCUT2D eigenvalue weighted by molar-refractivity contribution is 6.30. The molecule has 0 fully saturated rings. The van der Waals surface area contributed by atoms with Gasteiger partial charge in [0.1, 0.15) is 0 Å². The highest BCUT2D eigenvalue weighted by Gasteiger charge is 2.08. The third-order valence-electron chi connectivity index (χ3n) is 2.89. The van der Waals surface area contributed by atoms with Crippen LogP contribution in [0.5, 0.6) is 0 Å². The Balaban J connectivity index is 1.83. The van der Waals surface area contributed by atoms with E-state index in [-0.39, 0.29) is 12.1 Å². The van der Waals surface area contributed by atoms with Crippen molar-refractivity contribution in [2.45, 2.75) is 19.5 Å². The second-order valence-corrected chi connectivity index (χ2v) is 4.90. The number of pyridine rings is 1. The fraction of sp³-hybridized carbons (Fsp3) is 0.200. The highest BCUT2D eigenvalue weighted by atomic mass is 35.5. The maximum Gasteiger partial charge on any atom is 0.315 e. The molecule has 20 heavy (non-hydrogen) atoms. The molecule has 0 aliphatic rings. The molecule has 0 aliphatic heterocycles. The zero-order chi connectivity index (χ0) is 14.4. The molecule has 1 aromatic heterocycles. The molecule has 0 saturated carbocycles. The van der Waals surface area contributed by atoms with E-state index in [1.165, 1.54) is 0 Å². The largest absolute Gasteiger partial charge is 0.334 e. The standard InChI is InChI=1S/C15H16ClN3O/c1-11(13-4-6-14(16)7-5-13)19-15(20)18-10-12-3-2-8-17-9-12/h2-9,11H,10H2,1H3,(H2,18,19,20). The zero-order valence-corrected chi connectivity index (χ0v) is 11.9. The van der Waals surface area contributed by atoms with Gasteiger partial charge >= 0.3 is 6.03 Å². The number of amides is 2. The molecule has 2 amide bonds. The van der Waals surface area contributed by atoms with Crippen LogP contribution in [0.15, 0.2) is 48.8 Å². The molecule has 4 nitrogen and oxygen atoms in total. The number of carbonyl (C=O) groups excluding carboxylic acids is 1. The third kappa shape index (κ3) is 4.24. The second kappa shape index (κ2) is 6.91. The first kappa shape index (κ1) is 14.3. The predicted octanol–water partition coefficient (Wildman–Crippen LogP) is 3.30. The zero-order valence-electron chi connectivity index (χ0n) is 11.1. The summed E-state index contributed by atoms with van der Waals surface area (Å²) < 4.78 is 0. The van der Waals surface area contributed by atoms with E-state index >= 15 is 0 Å². The van der Waals surface area contributed by atoms with Crippen molar-refractivity contribution in [1.82, 2.24) is 15.6 Å². The van der Waals surface area contributed by atoms with Crippen LogP contribution in [0.25, 0.3) is 0 Å². The molecule has 0 saturated heterocycles. The van der Waals surface area contributed by atoms with Gasteiger partial charge in [0.25, 0.3) is 0 Å². The van der Waals surface area contributed by atoms with Gasteiger partial charge in [-0.15, -0.1) is 0 Å². The Kier molecular flexibility index (Phi) is 4.96. The molecule has 1 heterocycles. The van der Waals surface area contributed by atoms with Crippen LogP contribution in [0.3, 0.4) is 0 Å². The molecule has 1 atom stereocenters. The van der Waals surface area contributed by atoms with E-state index in [9.17, 15) is 4.79 Å². The van der Waals surface area contributed by atoms with Crippen molar-refractivity contribution in [1.29, 1.82) is 0 Å². The number of halogens is 1. The predicted molar refractivity (Wildman–Crippen MR) is 79.5 cm³/mol. The average molecular weight is 290 g/mol. The molecule has 0 radical (unpaired) electrons. The molecule has 0 bridgehead atoms. The van der Waals surface area contributed by atoms with Gasteiger partial charge in [0, 0.05) is 24.0 Å². The first-order valence-corrected chi connectivity index (χ1v) is 6.71. The van der Waals surface area contributed by atoms with E-state index in [0.29, 0.717) is 11.6 Å². The topological polar surface area (TPSA) is 54.0 Å². The van der Waals surface area contributed by atoms with Crippen LogP contribution in [0.2, 0.25) is 5.02 Å². The molecule has 5 heteroatoms. The van der Waals surface area contributed by atoms with Crippen molar-refractivity contribution in [2.24, 2.45) is 0 Å². The van der Waals surface area contributed by atoms with Gasteiger partial charge in [0.05, 0.1) is 6.04 Å². The number of hydrogen-bond acceptors (Lipinski definition) is 2. The highest BCUT2D eigenvalue weighted by Crippen LogP contribution is 2.15. The first-order chi connectivity index (χ1) is 9.65. The lowest BCUT2D eigenvalue weighted by Gasteiger charge is -2.15. The average Bonchev–Trinajstić information content (AvgIpc) is 2.47. The first-order valence-electron chi connectivity index (χ1n) is 6.34. The summed E-state index contributed by atoms with van der Waals surface area (Å²) in [5.41, 5.74) is 1.97. The Morgan fingerprint density at radius 1 is 1.30 bits per heavy atom. The van der Waals surface area contributed by atoms with Gasteiger partial charge < -0.3 is 10.6 Å². The molecule has 104 valence electrons. The fourth-order valence-electron chi connectivity index (χ4n) is 1.77. The van der Waals surface area contributed by atoms with Crippen LogP contribution in [-0.2, 0) is 6.54 Å². The van der Waals surface area contributed by atoms with Gasteiger partial charge in [-0.1, -0.05) is 29.8 Å². The molecule has 1 aromatic carbocycles. The lowest BCUT2D eigenvalue weighted by molar-refractivity contribution is 0.237. The number of hydrogen-bond donors (Lipinski definition) is 2. The minimum absolute atomic E-state index is 0.0823. The smallest absolute Gasteiger partial charge is 0.315 e. The molecular formula is C15H16ClN3O. The maximum absolute atomic E-state index is 11.8. The van der Waals surface area contributed by atoms with Crippen molar-refractivity contribution in [3.05, 3.63) is 64.9 Å². The van der Waals surface area contributed by atoms with Crippen LogP contribution >= 0.6 is 11.6 Å². The SMILES string of the molecule is CC(NC(=O)NCc1cccnc1)c1ccc(Cl)cc1. The minimum atomic E-state index is -0.212. The number of carbonyl (C=O) groups is 1. The van der Waals surface area contributed by atoms with E-state index < -0.39 is 0 Å². The van der Waals surface area contributed by atoms with Crippen molar-refractivity contribution >= 4 is 17.6 Å². The van der Waals surface area contributed by atoms with Crippen LogP contribution in [0.4, 0.5) is 4.79 Å². The number of benzene rings is 1. The molecular weight excluding hydrogens is 274 g/mol. The summed E-state index contributed by atoms with van der Waals surface area (Å²) >= 11 is 5.83. The monoisotopic (exact) mass is 289 g/mol. The van der Waals surface area contributed by atoms with Crippen molar-refractivity contribution in [3.63, 3.8) is 0 Å². The van der Waals surface area contributed by atoms with Crippen LogP contribution in [0.1, 0.15) is 24.1 Å². The number of urea groups is 1. The van der Waals surface area contributed by atoms with E-state index in [1.807, 2.05) is 43.3 Å². The van der Waals surface area contributed by atoms with E-state index in [2.05, 4.69) is 15.6 Å². The Bertz CT molecular complexity index is 557. The number of nitrogens with zero attached hydrogens (tertiary/aromatic N) is 1. The minimum Gasteiger partial charge on any atom is -0.334 e. The van der Waals surface area contributed by atoms with Gasteiger partial charge in [0.2, 0.25) is 0 Å². The van der Waals surface area contributed by atoms with Crippen LogP contribution in [-0.4, -0.2) is 11.0 Å². The Morgan fingerprint density at radius 3 is 2.70 bits per heavy atom. The molecule has 2 aromatic rings. The Labute approximate surface area is 123 Å². The summed E-state index contributed by atoms with van der Waals surface area (Å²) in [6, 6.07) is 10.9. The summed E-state index contributed by atoms with van der Waals surface area (Å²) in [6.07, 6.45) is 3.43. The van der Waals surface area contributed by atoms with Gasteiger partial charge in [-0.05, 0) is 36.2 Å². The summed E-state index contributed by atoms with van der Waals surface area (Å²) in [5.74, 6) is 0. The summed E-state index contributed by atoms with van der Waals surface area (Å²) in [7, 11) is 0.